The van der Waals surface area contributed by atoms with Gasteiger partial charge in [0.15, 0.2) is 0 Å². The van der Waals surface area contributed by atoms with Crippen LogP contribution in [0.15, 0.2) is 91.0 Å². The number of rotatable bonds is 5. The quantitative estimate of drug-likeness (QED) is 0.305. The monoisotopic (exact) mass is 386 g/mol. The van der Waals surface area contributed by atoms with Gasteiger partial charge in [0.1, 0.15) is 5.75 Å². The summed E-state index contributed by atoms with van der Waals surface area (Å²) in [6, 6.07) is 24.0. The molecular formula is C23H18N2O4. The lowest BCUT2D eigenvalue weighted by atomic mass is 10.2. The first kappa shape index (κ1) is 19.6. The van der Waals surface area contributed by atoms with E-state index in [4.69, 9.17) is 4.74 Å². The van der Waals surface area contributed by atoms with E-state index in [2.05, 4.69) is 10.9 Å². The number of hydrogen-bond acceptors (Lipinski definition) is 4. The Morgan fingerprint density at radius 2 is 1.28 bits per heavy atom. The Kier molecular flexibility index (Phi) is 6.52. The highest BCUT2D eigenvalue weighted by molar-refractivity contribution is 5.98. The number of nitrogens with one attached hydrogen (secondary N) is 2. The summed E-state index contributed by atoms with van der Waals surface area (Å²) in [5.41, 5.74) is 6.02. The number of esters is 1. The first-order valence-corrected chi connectivity index (χ1v) is 8.83. The fraction of sp³-hybridized carbons (Fsp3) is 0. The Bertz CT molecular complexity index is 1030. The Balaban J connectivity index is 1.61. The van der Waals surface area contributed by atoms with Crippen LogP contribution in [0.3, 0.4) is 0 Å². The zero-order chi connectivity index (χ0) is 20.5. The molecule has 0 saturated heterocycles. The van der Waals surface area contributed by atoms with Crippen molar-refractivity contribution in [3.63, 3.8) is 0 Å². The summed E-state index contributed by atoms with van der Waals surface area (Å²) in [6.45, 7) is 0. The SMILES string of the molecule is O=C(/C=C/c1ccccc1OC(=O)c1ccccc1)NNC(=O)c1ccccc1. The number of ether oxygens (including phenoxy) is 1. The van der Waals surface area contributed by atoms with Crippen LogP contribution in [0.5, 0.6) is 5.75 Å². The minimum Gasteiger partial charge on any atom is -0.422 e. The predicted molar refractivity (Wildman–Crippen MR) is 109 cm³/mol. The first-order valence-electron chi connectivity index (χ1n) is 8.83. The van der Waals surface area contributed by atoms with Crippen LogP contribution in [-0.2, 0) is 4.79 Å². The summed E-state index contributed by atoms with van der Waals surface area (Å²) in [4.78, 5) is 36.2. The second kappa shape index (κ2) is 9.66. The summed E-state index contributed by atoms with van der Waals surface area (Å²) < 4.78 is 5.43. The van der Waals surface area contributed by atoms with E-state index < -0.39 is 17.8 Å². The number of hydrogen-bond donors (Lipinski definition) is 2. The summed E-state index contributed by atoms with van der Waals surface area (Å²) in [5.74, 6) is -1.13. The third-order valence-electron chi connectivity index (χ3n) is 3.88. The third-order valence-corrected chi connectivity index (χ3v) is 3.88. The van der Waals surface area contributed by atoms with Crippen molar-refractivity contribution in [1.82, 2.24) is 10.9 Å². The van der Waals surface area contributed by atoms with E-state index in [1.807, 2.05) is 6.07 Å². The van der Waals surface area contributed by atoms with Crippen LogP contribution in [0.4, 0.5) is 0 Å². The van der Waals surface area contributed by atoms with E-state index >= 15 is 0 Å². The number of hydrazine groups is 1. The van der Waals surface area contributed by atoms with Gasteiger partial charge in [-0.2, -0.15) is 0 Å². The molecule has 0 spiro atoms. The second-order valence-electron chi connectivity index (χ2n) is 5.94. The van der Waals surface area contributed by atoms with Gasteiger partial charge in [-0.05, 0) is 36.4 Å². The summed E-state index contributed by atoms with van der Waals surface area (Å²) >= 11 is 0. The molecule has 2 N–H and O–H groups in total. The summed E-state index contributed by atoms with van der Waals surface area (Å²) in [7, 11) is 0. The lowest BCUT2D eigenvalue weighted by molar-refractivity contribution is -0.117. The van der Waals surface area contributed by atoms with Gasteiger partial charge >= 0.3 is 5.97 Å². The maximum absolute atomic E-state index is 12.2. The van der Waals surface area contributed by atoms with Crippen LogP contribution in [0.1, 0.15) is 26.3 Å². The van der Waals surface area contributed by atoms with Gasteiger partial charge in [0.2, 0.25) is 0 Å². The Morgan fingerprint density at radius 1 is 0.690 bits per heavy atom. The number of para-hydroxylation sites is 1. The number of carbonyl (C=O) groups excluding carboxylic acids is 3. The molecule has 6 nitrogen and oxygen atoms in total. The molecular weight excluding hydrogens is 368 g/mol. The molecule has 3 aromatic carbocycles. The maximum atomic E-state index is 12.2. The highest BCUT2D eigenvalue weighted by atomic mass is 16.5. The molecule has 0 bridgehead atoms. The minimum atomic E-state index is -0.529. The Hall–Kier alpha value is -4.19. The van der Waals surface area contributed by atoms with Crippen molar-refractivity contribution in [2.45, 2.75) is 0 Å². The standard InChI is InChI=1S/C23H18N2O4/c26-21(24-25-22(27)18-10-3-1-4-11-18)16-15-17-9-7-8-14-20(17)29-23(28)19-12-5-2-6-13-19/h1-16H,(H,24,26)(H,25,27)/b16-15+. The molecule has 144 valence electrons. The summed E-state index contributed by atoms with van der Waals surface area (Å²) in [5, 5.41) is 0. The normalized spacial score (nSPS) is 10.3. The van der Waals surface area contributed by atoms with E-state index in [1.54, 1.807) is 78.9 Å². The van der Waals surface area contributed by atoms with Gasteiger partial charge in [0.05, 0.1) is 5.56 Å². The minimum absolute atomic E-state index is 0.318. The molecule has 0 radical (unpaired) electrons. The van der Waals surface area contributed by atoms with Crippen LogP contribution >= 0.6 is 0 Å². The molecule has 29 heavy (non-hydrogen) atoms. The molecule has 2 amide bonds. The van der Waals surface area contributed by atoms with Crippen molar-refractivity contribution in [2.24, 2.45) is 0 Å². The Morgan fingerprint density at radius 3 is 1.97 bits per heavy atom. The van der Waals surface area contributed by atoms with Crippen molar-refractivity contribution in [1.29, 1.82) is 0 Å². The molecule has 0 atom stereocenters. The van der Waals surface area contributed by atoms with Gasteiger partial charge in [-0.3, -0.25) is 20.4 Å². The van der Waals surface area contributed by atoms with E-state index in [-0.39, 0.29) is 0 Å². The molecule has 0 aliphatic heterocycles. The van der Waals surface area contributed by atoms with Crippen LogP contribution in [0.25, 0.3) is 6.08 Å². The van der Waals surface area contributed by atoms with E-state index in [9.17, 15) is 14.4 Å². The van der Waals surface area contributed by atoms with Crippen LogP contribution in [-0.4, -0.2) is 17.8 Å². The second-order valence-corrected chi connectivity index (χ2v) is 5.94. The number of benzene rings is 3. The fourth-order valence-corrected chi connectivity index (χ4v) is 2.43. The lowest BCUT2D eigenvalue weighted by Gasteiger charge is -2.08. The smallest absolute Gasteiger partial charge is 0.343 e. The molecule has 0 fully saturated rings. The average Bonchev–Trinajstić information content (AvgIpc) is 2.78. The van der Waals surface area contributed by atoms with Gasteiger partial charge in [-0.25, -0.2) is 4.79 Å². The third kappa shape index (κ3) is 5.64. The summed E-state index contributed by atoms with van der Waals surface area (Å²) in [6.07, 6.45) is 2.73. The van der Waals surface area contributed by atoms with E-state index in [0.29, 0.717) is 22.4 Å². The lowest BCUT2D eigenvalue weighted by Crippen LogP contribution is -2.40. The van der Waals surface area contributed by atoms with Crippen molar-refractivity contribution >= 4 is 23.9 Å². The molecule has 0 aliphatic carbocycles. The molecule has 3 aromatic rings. The number of carbonyl (C=O) groups is 3. The van der Waals surface area contributed by atoms with Crippen LogP contribution < -0.4 is 15.6 Å². The molecule has 0 saturated carbocycles. The Labute approximate surface area is 167 Å². The zero-order valence-electron chi connectivity index (χ0n) is 15.4. The van der Waals surface area contributed by atoms with Crippen molar-refractivity contribution in [3.05, 3.63) is 108 Å². The van der Waals surface area contributed by atoms with Gasteiger partial charge in [-0.15, -0.1) is 0 Å². The molecule has 3 rings (SSSR count). The largest absolute Gasteiger partial charge is 0.422 e. The molecule has 6 heteroatoms. The van der Waals surface area contributed by atoms with E-state index in [0.717, 1.165) is 0 Å². The van der Waals surface area contributed by atoms with Crippen molar-refractivity contribution in [3.8, 4) is 5.75 Å². The van der Waals surface area contributed by atoms with Gasteiger partial charge in [0, 0.05) is 17.2 Å². The maximum Gasteiger partial charge on any atom is 0.343 e. The predicted octanol–water partition coefficient (Wildman–Crippen LogP) is 3.38. The average molecular weight is 386 g/mol. The van der Waals surface area contributed by atoms with Crippen molar-refractivity contribution in [2.75, 3.05) is 0 Å². The highest BCUT2D eigenvalue weighted by Crippen LogP contribution is 2.20. The highest BCUT2D eigenvalue weighted by Gasteiger charge is 2.10. The molecule has 0 unspecified atom stereocenters. The van der Waals surface area contributed by atoms with Gasteiger partial charge < -0.3 is 4.74 Å². The molecule has 0 aliphatic rings. The van der Waals surface area contributed by atoms with Gasteiger partial charge in [-0.1, -0.05) is 54.6 Å². The van der Waals surface area contributed by atoms with Crippen molar-refractivity contribution < 1.29 is 19.1 Å². The number of amides is 2. The zero-order valence-corrected chi connectivity index (χ0v) is 15.4. The van der Waals surface area contributed by atoms with Gasteiger partial charge in [0.25, 0.3) is 11.8 Å². The fourth-order valence-electron chi connectivity index (χ4n) is 2.43. The first-order chi connectivity index (χ1) is 14.1. The van der Waals surface area contributed by atoms with E-state index in [1.165, 1.54) is 12.2 Å². The van der Waals surface area contributed by atoms with Crippen LogP contribution in [0.2, 0.25) is 0 Å². The topological polar surface area (TPSA) is 84.5 Å². The molecule has 0 heterocycles. The van der Waals surface area contributed by atoms with Crippen LogP contribution in [0, 0.1) is 0 Å². The molecule has 0 aromatic heterocycles.